The Bertz CT molecular complexity index is 830. The number of rotatable bonds is 7. The van der Waals surface area contributed by atoms with E-state index in [0.717, 1.165) is 12.1 Å². The molecule has 6 heteroatoms. The molecular formula is C20H23N5O. The van der Waals surface area contributed by atoms with E-state index in [9.17, 15) is 4.79 Å². The molecule has 0 saturated heterocycles. The van der Waals surface area contributed by atoms with Crippen LogP contribution in [0.1, 0.15) is 15.9 Å². The number of likely N-dealkylation sites (N-methyl/N-ethyl adjacent to an activating group) is 1. The molecule has 2 aromatic heterocycles. The normalized spacial score (nSPS) is 10.9. The van der Waals surface area contributed by atoms with Crippen LogP contribution in [0.4, 0.5) is 0 Å². The number of aromatic nitrogens is 3. The predicted molar refractivity (Wildman–Crippen MR) is 101 cm³/mol. The van der Waals surface area contributed by atoms with Crippen LogP contribution in [-0.2, 0) is 6.54 Å². The molecule has 3 aromatic rings. The molecule has 0 unspecified atom stereocenters. The van der Waals surface area contributed by atoms with Crippen LogP contribution in [0.25, 0.3) is 5.82 Å². The summed E-state index contributed by atoms with van der Waals surface area (Å²) in [7, 11) is 4.02. The highest BCUT2D eigenvalue weighted by Crippen LogP contribution is 2.13. The number of benzene rings is 1. The van der Waals surface area contributed by atoms with Gasteiger partial charge >= 0.3 is 0 Å². The number of carbonyl (C=O) groups excluding carboxylic acids is 1. The van der Waals surface area contributed by atoms with Crippen molar-refractivity contribution in [3.8, 4) is 5.82 Å². The van der Waals surface area contributed by atoms with E-state index in [4.69, 9.17) is 0 Å². The molecular weight excluding hydrogens is 326 g/mol. The quantitative estimate of drug-likeness (QED) is 0.658. The Labute approximate surface area is 153 Å². The molecule has 1 aromatic carbocycles. The Balaban J connectivity index is 1.83. The van der Waals surface area contributed by atoms with E-state index in [2.05, 4.69) is 14.9 Å². The minimum atomic E-state index is -0.000492. The summed E-state index contributed by atoms with van der Waals surface area (Å²) in [4.78, 5) is 25.5. The van der Waals surface area contributed by atoms with Crippen molar-refractivity contribution < 1.29 is 4.79 Å². The molecule has 0 N–H and O–H groups in total. The van der Waals surface area contributed by atoms with E-state index < -0.39 is 0 Å². The van der Waals surface area contributed by atoms with E-state index in [1.54, 1.807) is 35.4 Å². The van der Waals surface area contributed by atoms with Crippen molar-refractivity contribution in [2.75, 3.05) is 27.2 Å². The van der Waals surface area contributed by atoms with E-state index in [-0.39, 0.29) is 5.91 Å². The lowest BCUT2D eigenvalue weighted by Gasteiger charge is -2.25. The van der Waals surface area contributed by atoms with Gasteiger partial charge in [-0.25, -0.2) is 9.97 Å². The van der Waals surface area contributed by atoms with Crippen LogP contribution in [-0.4, -0.2) is 57.4 Å². The van der Waals surface area contributed by atoms with E-state index in [1.807, 2.05) is 55.5 Å². The van der Waals surface area contributed by atoms with E-state index >= 15 is 0 Å². The van der Waals surface area contributed by atoms with Gasteiger partial charge in [-0.1, -0.05) is 30.3 Å². The third-order valence-electron chi connectivity index (χ3n) is 4.08. The number of pyridine rings is 1. The van der Waals surface area contributed by atoms with Gasteiger partial charge in [-0.15, -0.1) is 0 Å². The van der Waals surface area contributed by atoms with Gasteiger partial charge in [-0.2, -0.15) is 0 Å². The molecule has 0 saturated carbocycles. The fourth-order valence-electron chi connectivity index (χ4n) is 2.65. The van der Waals surface area contributed by atoms with Crippen molar-refractivity contribution in [1.29, 1.82) is 0 Å². The number of nitrogens with zero attached hydrogens (tertiary/aromatic N) is 5. The summed E-state index contributed by atoms with van der Waals surface area (Å²) in [5.41, 5.74) is 1.74. The van der Waals surface area contributed by atoms with Crippen LogP contribution in [0.2, 0.25) is 0 Å². The minimum absolute atomic E-state index is 0.000492. The summed E-state index contributed by atoms with van der Waals surface area (Å²) in [6.45, 7) is 2.04. The van der Waals surface area contributed by atoms with Crippen LogP contribution >= 0.6 is 0 Å². The van der Waals surface area contributed by atoms with Crippen molar-refractivity contribution in [3.63, 3.8) is 0 Å². The molecule has 0 spiro atoms. The molecule has 0 bridgehead atoms. The van der Waals surface area contributed by atoms with Gasteiger partial charge in [0.2, 0.25) is 0 Å². The second-order valence-electron chi connectivity index (χ2n) is 6.39. The highest BCUT2D eigenvalue weighted by atomic mass is 16.2. The van der Waals surface area contributed by atoms with Crippen LogP contribution in [0.3, 0.4) is 0 Å². The first kappa shape index (κ1) is 17.8. The SMILES string of the molecule is CN(C)CCN(Cc1ccccc1)C(=O)c1ccnc(-n2ccnc2)c1. The zero-order valence-electron chi connectivity index (χ0n) is 15.1. The van der Waals surface area contributed by atoms with Crippen molar-refractivity contribution >= 4 is 5.91 Å². The smallest absolute Gasteiger partial charge is 0.254 e. The standard InChI is InChI=1S/C20H23N5O/c1-23(2)12-13-24(15-17-6-4-3-5-7-17)20(26)18-8-9-22-19(14-18)25-11-10-21-16-25/h3-11,14,16H,12-13,15H2,1-2H3. The third kappa shape index (κ3) is 4.55. The first-order valence-electron chi connectivity index (χ1n) is 8.56. The van der Waals surface area contributed by atoms with Crippen molar-refractivity contribution in [1.82, 2.24) is 24.3 Å². The molecule has 3 rings (SSSR count). The van der Waals surface area contributed by atoms with Gasteiger partial charge in [-0.3, -0.25) is 9.36 Å². The first-order valence-corrected chi connectivity index (χ1v) is 8.56. The van der Waals surface area contributed by atoms with Crippen molar-refractivity contribution in [2.45, 2.75) is 6.54 Å². The maximum atomic E-state index is 13.1. The lowest BCUT2D eigenvalue weighted by molar-refractivity contribution is 0.0732. The monoisotopic (exact) mass is 349 g/mol. The first-order chi connectivity index (χ1) is 12.6. The maximum Gasteiger partial charge on any atom is 0.254 e. The fraction of sp³-hybridized carbons (Fsp3) is 0.250. The van der Waals surface area contributed by atoms with Gasteiger partial charge in [-0.05, 0) is 31.8 Å². The minimum Gasteiger partial charge on any atom is -0.333 e. The number of hydrogen-bond acceptors (Lipinski definition) is 4. The van der Waals surface area contributed by atoms with Gasteiger partial charge in [0.25, 0.3) is 5.91 Å². The molecule has 0 radical (unpaired) electrons. The molecule has 0 atom stereocenters. The lowest BCUT2D eigenvalue weighted by atomic mass is 10.1. The molecule has 2 heterocycles. The van der Waals surface area contributed by atoms with Gasteiger partial charge in [0.05, 0.1) is 0 Å². The topological polar surface area (TPSA) is 54.3 Å². The van der Waals surface area contributed by atoms with Crippen LogP contribution < -0.4 is 0 Å². The third-order valence-corrected chi connectivity index (χ3v) is 4.08. The number of carbonyl (C=O) groups is 1. The largest absolute Gasteiger partial charge is 0.333 e. The summed E-state index contributed by atoms with van der Waals surface area (Å²) in [5.74, 6) is 0.681. The summed E-state index contributed by atoms with van der Waals surface area (Å²) in [6.07, 6.45) is 6.83. The maximum absolute atomic E-state index is 13.1. The Kier molecular flexibility index (Phi) is 5.76. The Morgan fingerprint density at radius 3 is 2.58 bits per heavy atom. The van der Waals surface area contributed by atoms with Crippen LogP contribution in [0, 0.1) is 0 Å². The summed E-state index contributed by atoms with van der Waals surface area (Å²) >= 11 is 0. The summed E-state index contributed by atoms with van der Waals surface area (Å²) < 4.78 is 1.79. The van der Waals surface area contributed by atoms with E-state index in [1.165, 1.54) is 0 Å². The Morgan fingerprint density at radius 2 is 1.88 bits per heavy atom. The average molecular weight is 349 g/mol. The molecule has 0 aliphatic rings. The van der Waals surface area contributed by atoms with Crippen LogP contribution in [0.15, 0.2) is 67.4 Å². The highest BCUT2D eigenvalue weighted by molar-refractivity contribution is 5.94. The van der Waals surface area contributed by atoms with Gasteiger partial charge in [0, 0.05) is 43.8 Å². The zero-order valence-corrected chi connectivity index (χ0v) is 15.1. The number of imidazole rings is 1. The second kappa shape index (κ2) is 8.40. The molecule has 134 valence electrons. The average Bonchev–Trinajstić information content (AvgIpc) is 3.20. The summed E-state index contributed by atoms with van der Waals surface area (Å²) in [6, 6.07) is 13.6. The van der Waals surface area contributed by atoms with Crippen molar-refractivity contribution in [3.05, 3.63) is 78.5 Å². The van der Waals surface area contributed by atoms with Gasteiger partial charge in [0.1, 0.15) is 12.1 Å². The molecule has 1 amide bonds. The molecule has 0 aliphatic heterocycles. The molecule has 0 aliphatic carbocycles. The molecule has 6 nitrogen and oxygen atoms in total. The fourth-order valence-corrected chi connectivity index (χ4v) is 2.65. The van der Waals surface area contributed by atoms with Crippen LogP contribution in [0.5, 0.6) is 0 Å². The van der Waals surface area contributed by atoms with E-state index in [0.29, 0.717) is 24.5 Å². The highest BCUT2D eigenvalue weighted by Gasteiger charge is 2.17. The zero-order chi connectivity index (χ0) is 18.4. The second-order valence-corrected chi connectivity index (χ2v) is 6.39. The Morgan fingerprint density at radius 1 is 1.08 bits per heavy atom. The van der Waals surface area contributed by atoms with Gasteiger partial charge < -0.3 is 9.80 Å². The number of amides is 1. The van der Waals surface area contributed by atoms with Gasteiger partial charge in [0.15, 0.2) is 0 Å². The predicted octanol–water partition coefficient (Wildman–Crippen LogP) is 2.47. The van der Waals surface area contributed by atoms with Crippen molar-refractivity contribution in [2.24, 2.45) is 0 Å². The Hall–Kier alpha value is -2.99. The molecule has 0 fully saturated rings. The number of hydrogen-bond donors (Lipinski definition) is 0. The lowest BCUT2D eigenvalue weighted by Crippen LogP contribution is -2.36. The summed E-state index contributed by atoms with van der Waals surface area (Å²) in [5, 5.41) is 0. The molecule has 26 heavy (non-hydrogen) atoms.